The van der Waals surface area contributed by atoms with Crippen LogP contribution < -0.4 is 24.4 Å². The molecule has 4 aromatic rings. The minimum atomic E-state index is -0.831. The van der Waals surface area contributed by atoms with E-state index in [1.807, 2.05) is 20.8 Å². The molecule has 5 rings (SSSR count). The zero-order valence-corrected chi connectivity index (χ0v) is 25.7. The third kappa shape index (κ3) is 5.80. The summed E-state index contributed by atoms with van der Waals surface area (Å²) in [5.41, 5.74) is 2.28. The smallest absolute Gasteiger partial charge is 0.338 e. The first-order chi connectivity index (χ1) is 21.2. The van der Waals surface area contributed by atoms with Crippen molar-refractivity contribution in [2.45, 2.75) is 40.7 Å². The summed E-state index contributed by atoms with van der Waals surface area (Å²) < 4.78 is 24.8. The van der Waals surface area contributed by atoms with Crippen LogP contribution in [0.1, 0.15) is 50.6 Å². The SMILES string of the molecule is CCOC(=O)C1=C(C)N=c2s/c(=C\c3ccc(-c4cc([N+](=O)[O-])ccc4C)o3)c(=O)n2[C@@H]1c1ccc(OCC)c(OCC)c1. The molecule has 0 saturated carbocycles. The summed E-state index contributed by atoms with van der Waals surface area (Å²) in [6.07, 6.45) is 1.60. The molecule has 0 radical (unpaired) electrons. The van der Waals surface area contributed by atoms with Gasteiger partial charge in [-0.05, 0) is 70.0 Å². The van der Waals surface area contributed by atoms with Gasteiger partial charge in [-0.1, -0.05) is 23.5 Å². The largest absolute Gasteiger partial charge is 0.490 e. The predicted molar refractivity (Wildman–Crippen MR) is 165 cm³/mol. The first kappa shape index (κ1) is 30.5. The number of ether oxygens (including phenoxy) is 3. The van der Waals surface area contributed by atoms with Gasteiger partial charge in [0, 0.05) is 23.8 Å². The van der Waals surface area contributed by atoms with E-state index in [-0.39, 0.29) is 23.4 Å². The van der Waals surface area contributed by atoms with Gasteiger partial charge in [0.05, 0.1) is 46.6 Å². The van der Waals surface area contributed by atoms with Crippen molar-refractivity contribution < 1.29 is 28.3 Å². The Morgan fingerprint density at radius 3 is 2.50 bits per heavy atom. The number of allylic oxidation sites excluding steroid dienone is 1. The number of nitro groups is 1. The highest BCUT2D eigenvalue weighted by Crippen LogP contribution is 2.36. The second kappa shape index (κ2) is 12.7. The molecule has 0 bridgehead atoms. The normalized spacial score (nSPS) is 14.7. The van der Waals surface area contributed by atoms with Crippen LogP contribution in [0.25, 0.3) is 17.4 Å². The number of fused-ring (bicyclic) bond motifs is 1. The van der Waals surface area contributed by atoms with E-state index < -0.39 is 16.9 Å². The summed E-state index contributed by atoms with van der Waals surface area (Å²) in [6.45, 7) is 10.00. The Hall–Kier alpha value is -4.97. The van der Waals surface area contributed by atoms with Gasteiger partial charge in [0.1, 0.15) is 11.5 Å². The number of esters is 1. The average molecular weight is 618 g/mol. The van der Waals surface area contributed by atoms with E-state index in [0.717, 1.165) is 16.9 Å². The van der Waals surface area contributed by atoms with Crippen molar-refractivity contribution >= 4 is 29.1 Å². The lowest BCUT2D eigenvalue weighted by Gasteiger charge is -2.25. The molecule has 44 heavy (non-hydrogen) atoms. The highest BCUT2D eigenvalue weighted by molar-refractivity contribution is 7.07. The number of nitrogens with zero attached hydrogens (tertiary/aromatic N) is 3. The summed E-state index contributed by atoms with van der Waals surface area (Å²) in [4.78, 5) is 43.1. The minimum Gasteiger partial charge on any atom is -0.490 e. The molecular weight excluding hydrogens is 586 g/mol. The van der Waals surface area contributed by atoms with Gasteiger partial charge < -0.3 is 18.6 Å². The molecule has 0 aliphatic carbocycles. The zero-order chi connectivity index (χ0) is 31.5. The van der Waals surface area contributed by atoms with Crippen molar-refractivity contribution in [1.82, 2.24) is 4.57 Å². The number of thiazole rings is 1. The van der Waals surface area contributed by atoms with E-state index in [0.29, 0.717) is 62.4 Å². The topological polar surface area (TPSA) is 135 Å². The Bertz CT molecular complexity index is 1970. The maximum atomic E-state index is 14.0. The standard InChI is InChI=1S/C32H31N3O8S/c1-6-40-25-13-10-20(15-26(25)41-7-2)29-28(31(37)42-8-3)19(5)33-32-34(29)30(36)27(44-32)17-22-12-14-24(43-22)23-16-21(35(38)39)11-9-18(23)4/h9-17,29H,6-8H2,1-5H3/b27-17-/t29-/m1/s1. The molecule has 3 heterocycles. The van der Waals surface area contributed by atoms with Crippen LogP contribution in [0.5, 0.6) is 11.5 Å². The number of non-ortho nitro benzene ring substituents is 1. The molecule has 11 nitrogen and oxygen atoms in total. The fraction of sp³-hybridized carbons (Fsp3) is 0.281. The van der Waals surface area contributed by atoms with Gasteiger partial charge in [-0.2, -0.15) is 0 Å². The molecule has 0 amide bonds. The molecular formula is C32H31N3O8S. The fourth-order valence-electron chi connectivity index (χ4n) is 5.04. The van der Waals surface area contributed by atoms with E-state index in [9.17, 15) is 19.7 Å². The quantitative estimate of drug-likeness (QED) is 0.137. The van der Waals surface area contributed by atoms with Gasteiger partial charge in [0.2, 0.25) is 0 Å². The average Bonchev–Trinajstić information content (AvgIpc) is 3.57. The number of carbonyl (C=O) groups excluding carboxylic acids is 1. The number of hydrogen-bond acceptors (Lipinski definition) is 10. The van der Waals surface area contributed by atoms with Gasteiger partial charge in [0.15, 0.2) is 16.3 Å². The van der Waals surface area contributed by atoms with E-state index >= 15 is 0 Å². The van der Waals surface area contributed by atoms with E-state index in [1.54, 1.807) is 56.3 Å². The minimum absolute atomic E-state index is 0.0496. The molecule has 1 atom stereocenters. The first-order valence-corrected chi connectivity index (χ1v) is 14.9. The second-order valence-electron chi connectivity index (χ2n) is 9.83. The Morgan fingerprint density at radius 2 is 1.80 bits per heavy atom. The van der Waals surface area contributed by atoms with Crippen LogP contribution in [0.4, 0.5) is 5.69 Å². The molecule has 0 spiro atoms. The Morgan fingerprint density at radius 1 is 1.05 bits per heavy atom. The molecule has 12 heteroatoms. The van der Waals surface area contributed by atoms with Crippen LogP contribution >= 0.6 is 11.3 Å². The van der Waals surface area contributed by atoms with Gasteiger partial charge >= 0.3 is 5.97 Å². The van der Waals surface area contributed by atoms with Crippen molar-refractivity contribution in [3.63, 3.8) is 0 Å². The molecule has 228 valence electrons. The van der Waals surface area contributed by atoms with Crippen molar-refractivity contribution in [3.05, 3.63) is 106 Å². The van der Waals surface area contributed by atoms with Crippen LogP contribution in [0.2, 0.25) is 0 Å². The monoisotopic (exact) mass is 617 g/mol. The van der Waals surface area contributed by atoms with E-state index in [1.165, 1.54) is 16.7 Å². The number of carbonyl (C=O) groups is 1. The number of aromatic nitrogens is 1. The van der Waals surface area contributed by atoms with Crippen LogP contribution in [0.3, 0.4) is 0 Å². The number of nitro benzene ring substituents is 1. The first-order valence-electron chi connectivity index (χ1n) is 14.1. The molecule has 0 unspecified atom stereocenters. The fourth-order valence-corrected chi connectivity index (χ4v) is 6.06. The van der Waals surface area contributed by atoms with Crippen LogP contribution in [-0.2, 0) is 9.53 Å². The number of furan rings is 1. The molecule has 0 N–H and O–H groups in total. The number of hydrogen-bond donors (Lipinski definition) is 0. The maximum absolute atomic E-state index is 14.0. The van der Waals surface area contributed by atoms with Gasteiger partial charge in [0.25, 0.3) is 11.2 Å². The lowest BCUT2D eigenvalue weighted by atomic mass is 9.95. The lowest BCUT2D eigenvalue weighted by Crippen LogP contribution is -2.40. The molecule has 2 aromatic heterocycles. The lowest BCUT2D eigenvalue weighted by molar-refractivity contribution is -0.384. The third-order valence-corrected chi connectivity index (χ3v) is 7.98. The number of benzene rings is 2. The zero-order valence-electron chi connectivity index (χ0n) is 24.9. The third-order valence-electron chi connectivity index (χ3n) is 7.00. The highest BCUT2D eigenvalue weighted by Gasteiger charge is 2.34. The number of aryl methyl sites for hydroxylation is 1. The Balaban J connectivity index is 1.64. The molecule has 2 aromatic carbocycles. The second-order valence-corrected chi connectivity index (χ2v) is 10.8. The summed E-state index contributed by atoms with van der Waals surface area (Å²) in [5.74, 6) is 1.29. The van der Waals surface area contributed by atoms with Gasteiger partial charge in [-0.15, -0.1) is 0 Å². The summed E-state index contributed by atoms with van der Waals surface area (Å²) in [6, 6.07) is 12.5. The van der Waals surface area contributed by atoms with Gasteiger partial charge in [-0.25, -0.2) is 9.79 Å². The molecule has 1 aliphatic rings. The van der Waals surface area contributed by atoms with Crippen LogP contribution in [0.15, 0.2) is 74.0 Å². The van der Waals surface area contributed by atoms with E-state index in [2.05, 4.69) is 4.99 Å². The summed E-state index contributed by atoms with van der Waals surface area (Å²) in [7, 11) is 0. The van der Waals surface area contributed by atoms with Crippen molar-refractivity contribution in [2.24, 2.45) is 4.99 Å². The van der Waals surface area contributed by atoms with Crippen molar-refractivity contribution in [3.8, 4) is 22.8 Å². The molecule has 1 aliphatic heterocycles. The molecule has 0 saturated heterocycles. The Kier molecular flexibility index (Phi) is 8.81. The highest BCUT2D eigenvalue weighted by atomic mass is 32.1. The summed E-state index contributed by atoms with van der Waals surface area (Å²) in [5, 5.41) is 11.3. The predicted octanol–water partition coefficient (Wildman–Crippen LogP) is 5.07. The van der Waals surface area contributed by atoms with Gasteiger partial charge in [-0.3, -0.25) is 19.5 Å². The van der Waals surface area contributed by atoms with Crippen LogP contribution in [0, 0.1) is 17.0 Å². The maximum Gasteiger partial charge on any atom is 0.338 e. The molecule has 0 fully saturated rings. The van der Waals surface area contributed by atoms with Crippen LogP contribution in [-0.4, -0.2) is 35.3 Å². The number of rotatable bonds is 10. The van der Waals surface area contributed by atoms with Crippen molar-refractivity contribution in [1.29, 1.82) is 0 Å². The van der Waals surface area contributed by atoms with Crippen molar-refractivity contribution in [2.75, 3.05) is 19.8 Å². The summed E-state index contributed by atoms with van der Waals surface area (Å²) >= 11 is 1.16. The van der Waals surface area contributed by atoms with E-state index in [4.69, 9.17) is 18.6 Å². The Labute approximate surface area is 256 Å².